The first-order valence-electron chi connectivity index (χ1n) is 9.31. The highest BCUT2D eigenvalue weighted by atomic mass is 35.5. The second-order valence-corrected chi connectivity index (χ2v) is 7.18. The predicted octanol–water partition coefficient (Wildman–Crippen LogP) is 0.555. The van der Waals surface area contributed by atoms with Gasteiger partial charge in [0, 0.05) is 0 Å². The van der Waals surface area contributed by atoms with Gasteiger partial charge in [-0.15, -0.1) is 12.4 Å². The monoisotopic (exact) mass is 474 g/mol. The van der Waals surface area contributed by atoms with Gasteiger partial charge in [0.15, 0.2) is 11.1 Å². The second-order valence-electron chi connectivity index (χ2n) is 6.82. The molecule has 172 valence electrons. The first-order valence-corrected chi connectivity index (χ1v) is 9.68. The first kappa shape index (κ1) is 26.1. The second kappa shape index (κ2) is 11.5. The van der Waals surface area contributed by atoms with Crippen LogP contribution in [0, 0.1) is 5.41 Å². The minimum atomic E-state index is -0.707. The van der Waals surface area contributed by atoms with E-state index in [1.54, 1.807) is 12.2 Å². The Morgan fingerprint density at radius 1 is 1.35 bits per heavy atom. The van der Waals surface area contributed by atoms with Gasteiger partial charge in [-0.3, -0.25) is 20.4 Å². The maximum atomic E-state index is 12.5. The van der Waals surface area contributed by atoms with Gasteiger partial charge in [-0.05, 0) is 6.42 Å². The number of urea groups is 1. The number of nitrogens with two attached hydrogens (primary N) is 3. The van der Waals surface area contributed by atoms with Crippen LogP contribution in [0.5, 0.6) is 0 Å². The first-order chi connectivity index (χ1) is 14.2. The normalized spacial score (nSPS) is 22.2. The van der Waals surface area contributed by atoms with Gasteiger partial charge in [0.05, 0.1) is 17.8 Å². The van der Waals surface area contributed by atoms with Crippen molar-refractivity contribution in [2.24, 2.45) is 17.2 Å². The van der Waals surface area contributed by atoms with E-state index >= 15 is 0 Å². The molecule has 13 heteroatoms. The van der Waals surface area contributed by atoms with Crippen molar-refractivity contribution in [3.63, 3.8) is 0 Å². The summed E-state index contributed by atoms with van der Waals surface area (Å²) in [6.45, 7) is 1.86. The molecule has 0 unspecified atom stereocenters. The molecule has 0 saturated carbocycles. The van der Waals surface area contributed by atoms with Crippen LogP contribution in [0.2, 0.25) is 0 Å². The number of guanidine groups is 1. The standard InChI is InChI=1S/C18H27ClN8O3.ClH/c1-2-3-6-18(7-4-11(5-8-18)30-10-13(21)28)26-16(23)25-17(29)27-9-12(20)24-15(22)14(27)19;/h4-5,7-9,11,24H,2-3,6,10,20,22H2,1H3,(H2,21,28)(H3,23,25,26,29);1H. The van der Waals surface area contributed by atoms with Crippen LogP contribution in [0.1, 0.15) is 26.2 Å². The summed E-state index contributed by atoms with van der Waals surface area (Å²) in [6, 6.07) is -0.707. The van der Waals surface area contributed by atoms with Crippen molar-refractivity contribution >= 4 is 41.9 Å². The Bertz CT molecular complexity index is 811. The maximum absolute atomic E-state index is 12.5. The fourth-order valence-corrected chi connectivity index (χ4v) is 3.04. The van der Waals surface area contributed by atoms with Gasteiger partial charge >= 0.3 is 6.03 Å². The molecule has 0 aromatic carbocycles. The van der Waals surface area contributed by atoms with Crippen LogP contribution in [0.15, 0.2) is 47.3 Å². The molecule has 1 aliphatic carbocycles. The smallest absolute Gasteiger partial charge is 0.333 e. The zero-order valence-electron chi connectivity index (χ0n) is 17.0. The molecule has 1 heterocycles. The molecular weight excluding hydrogens is 447 g/mol. The number of nitrogens with zero attached hydrogens (tertiary/aromatic N) is 1. The van der Waals surface area contributed by atoms with Crippen LogP contribution in [0.25, 0.3) is 0 Å². The van der Waals surface area contributed by atoms with Gasteiger partial charge in [-0.25, -0.2) is 4.79 Å². The summed E-state index contributed by atoms with van der Waals surface area (Å²) in [6.07, 6.45) is 10.5. The van der Waals surface area contributed by atoms with Crippen molar-refractivity contribution in [1.82, 2.24) is 20.9 Å². The number of halogens is 2. The van der Waals surface area contributed by atoms with Gasteiger partial charge in [-0.2, -0.15) is 0 Å². The molecule has 3 amide bonds. The molecule has 0 bridgehead atoms. The highest BCUT2D eigenvalue weighted by molar-refractivity contribution is 6.30. The third-order valence-corrected chi connectivity index (χ3v) is 4.70. The molecule has 2 aliphatic rings. The number of primary amides is 1. The van der Waals surface area contributed by atoms with E-state index in [0.29, 0.717) is 6.42 Å². The highest BCUT2D eigenvalue weighted by Crippen LogP contribution is 2.23. The average molecular weight is 475 g/mol. The van der Waals surface area contributed by atoms with E-state index in [4.69, 9.17) is 38.9 Å². The van der Waals surface area contributed by atoms with Gasteiger partial charge < -0.3 is 32.6 Å². The summed E-state index contributed by atoms with van der Waals surface area (Å²) in [5.41, 5.74) is 15.7. The molecule has 0 aromatic rings. The average Bonchev–Trinajstić information content (AvgIpc) is 2.68. The minimum absolute atomic E-state index is 0. The maximum Gasteiger partial charge on any atom is 0.333 e. The number of amides is 3. The largest absolute Gasteiger partial charge is 0.384 e. The third kappa shape index (κ3) is 7.39. The molecular formula is C18H28Cl2N8O3. The van der Waals surface area contributed by atoms with Crippen LogP contribution >= 0.6 is 24.0 Å². The van der Waals surface area contributed by atoms with Crippen LogP contribution in [-0.2, 0) is 9.53 Å². The molecule has 2 rings (SSSR count). The molecule has 0 saturated heterocycles. The Morgan fingerprint density at radius 3 is 2.58 bits per heavy atom. The SMILES string of the molecule is CCCCC1(NC(=N)NC(=O)N2C=C(N)NC(N)=C2Cl)C=CC(OCC(N)=O)C=C1.Cl. The van der Waals surface area contributed by atoms with Gasteiger partial charge in [-0.1, -0.05) is 55.7 Å². The van der Waals surface area contributed by atoms with Crippen molar-refractivity contribution < 1.29 is 14.3 Å². The van der Waals surface area contributed by atoms with Gasteiger partial charge in [0.1, 0.15) is 18.2 Å². The Hall–Kier alpha value is -2.89. The topological polar surface area (TPSA) is 185 Å². The van der Waals surface area contributed by atoms with E-state index in [0.717, 1.165) is 17.7 Å². The van der Waals surface area contributed by atoms with Gasteiger partial charge in [0.2, 0.25) is 5.91 Å². The lowest BCUT2D eigenvalue weighted by atomic mass is 9.87. The van der Waals surface area contributed by atoms with E-state index in [1.807, 2.05) is 12.2 Å². The Balaban J connectivity index is 0.00000480. The molecule has 0 atom stereocenters. The van der Waals surface area contributed by atoms with Crippen molar-refractivity contribution in [3.05, 3.63) is 47.3 Å². The predicted molar refractivity (Wildman–Crippen MR) is 120 cm³/mol. The number of hydrogen-bond acceptors (Lipinski definition) is 7. The van der Waals surface area contributed by atoms with Crippen molar-refractivity contribution in [2.45, 2.75) is 37.8 Å². The summed E-state index contributed by atoms with van der Waals surface area (Å²) in [5, 5.41) is 16.2. The summed E-state index contributed by atoms with van der Waals surface area (Å²) in [5.74, 6) is -0.648. The van der Waals surface area contributed by atoms with E-state index in [-0.39, 0.29) is 41.8 Å². The van der Waals surface area contributed by atoms with E-state index in [2.05, 4.69) is 22.9 Å². The fourth-order valence-electron chi connectivity index (χ4n) is 2.87. The summed E-state index contributed by atoms with van der Waals surface area (Å²) in [7, 11) is 0. The lowest BCUT2D eigenvalue weighted by molar-refractivity contribution is -0.123. The summed E-state index contributed by atoms with van der Waals surface area (Å²) < 4.78 is 5.36. The highest BCUT2D eigenvalue weighted by Gasteiger charge is 2.29. The van der Waals surface area contributed by atoms with E-state index < -0.39 is 23.6 Å². The Morgan fingerprint density at radius 2 is 2.00 bits per heavy atom. The number of rotatable bonds is 7. The van der Waals surface area contributed by atoms with Crippen LogP contribution in [-0.4, -0.2) is 41.0 Å². The van der Waals surface area contributed by atoms with E-state index in [9.17, 15) is 9.59 Å². The van der Waals surface area contributed by atoms with Crippen molar-refractivity contribution in [2.75, 3.05) is 6.61 Å². The number of carbonyl (C=O) groups excluding carboxylic acids is 2. The molecule has 0 spiro atoms. The zero-order valence-corrected chi connectivity index (χ0v) is 18.6. The Kier molecular flexibility index (Phi) is 9.69. The van der Waals surface area contributed by atoms with Crippen LogP contribution in [0.3, 0.4) is 0 Å². The Labute approximate surface area is 191 Å². The quantitative estimate of drug-likeness (QED) is 0.121. The van der Waals surface area contributed by atoms with Crippen LogP contribution in [0.4, 0.5) is 4.79 Å². The molecule has 0 aromatic heterocycles. The van der Waals surface area contributed by atoms with Gasteiger partial charge in [0.25, 0.3) is 0 Å². The zero-order chi connectivity index (χ0) is 22.3. The molecule has 1 aliphatic heterocycles. The third-order valence-electron chi connectivity index (χ3n) is 4.32. The number of unbranched alkanes of at least 4 members (excludes halogenated alkanes) is 1. The molecule has 11 nitrogen and oxygen atoms in total. The van der Waals surface area contributed by atoms with Crippen molar-refractivity contribution in [3.8, 4) is 0 Å². The molecule has 0 radical (unpaired) electrons. The van der Waals surface area contributed by atoms with Crippen molar-refractivity contribution in [1.29, 1.82) is 5.41 Å². The number of ether oxygens (including phenoxy) is 1. The summed E-state index contributed by atoms with van der Waals surface area (Å²) in [4.78, 5) is 24.4. The lowest BCUT2D eigenvalue weighted by Gasteiger charge is -2.33. The van der Waals surface area contributed by atoms with Crippen LogP contribution < -0.4 is 33.2 Å². The molecule has 10 N–H and O–H groups in total. The number of nitrogens with one attached hydrogen (secondary N) is 4. The molecule has 31 heavy (non-hydrogen) atoms. The fraction of sp³-hybridized carbons (Fsp3) is 0.389. The summed E-state index contributed by atoms with van der Waals surface area (Å²) >= 11 is 6.03. The van der Waals surface area contributed by atoms with E-state index in [1.165, 1.54) is 6.20 Å². The number of hydrogen-bond donors (Lipinski definition) is 7. The number of carbonyl (C=O) groups is 2. The lowest BCUT2D eigenvalue weighted by Crippen LogP contribution is -2.54. The minimum Gasteiger partial charge on any atom is -0.384 e. The molecule has 0 fully saturated rings.